The van der Waals surface area contributed by atoms with Gasteiger partial charge in [0.05, 0.1) is 5.57 Å². The SMILES string of the molecule is CCCC1=CC=C(N)C(C#N)=CC1. The van der Waals surface area contributed by atoms with Crippen LogP contribution in [0.1, 0.15) is 26.2 Å². The van der Waals surface area contributed by atoms with E-state index in [0.717, 1.165) is 19.3 Å². The van der Waals surface area contributed by atoms with E-state index in [9.17, 15) is 0 Å². The van der Waals surface area contributed by atoms with Crippen LogP contribution in [0.15, 0.2) is 35.1 Å². The number of allylic oxidation sites excluding steroid dienone is 5. The molecule has 0 aromatic carbocycles. The van der Waals surface area contributed by atoms with Gasteiger partial charge >= 0.3 is 0 Å². The van der Waals surface area contributed by atoms with Crippen LogP contribution in [0.2, 0.25) is 0 Å². The number of hydrogen-bond donors (Lipinski definition) is 1. The summed E-state index contributed by atoms with van der Waals surface area (Å²) in [6.07, 6.45) is 8.83. The van der Waals surface area contributed by atoms with Crippen LogP contribution in [0.3, 0.4) is 0 Å². The molecule has 13 heavy (non-hydrogen) atoms. The lowest BCUT2D eigenvalue weighted by atomic mass is 10.1. The maximum Gasteiger partial charge on any atom is 0.101 e. The van der Waals surface area contributed by atoms with E-state index in [-0.39, 0.29) is 0 Å². The van der Waals surface area contributed by atoms with Crippen molar-refractivity contribution in [3.8, 4) is 6.07 Å². The molecule has 0 heterocycles. The maximum absolute atomic E-state index is 8.74. The molecule has 2 N–H and O–H groups in total. The van der Waals surface area contributed by atoms with E-state index in [1.54, 1.807) is 0 Å². The molecule has 68 valence electrons. The fourth-order valence-electron chi connectivity index (χ4n) is 1.33. The van der Waals surface area contributed by atoms with Crippen molar-refractivity contribution in [1.29, 1.82) is 5.26 Å². The Kier molecular flexibility index (Phi) is 3.33. The van der Waals surface area contributed by atoms with E-state index in [2.05, 4.69) is 13.0 Å². The first-order valence-electron chi connectivity index (χ1n) is 4.53. The predicted molar refractivity (Wildman–Crippen MR) is 53.6 cm³/mol. The zero-order valence-electron chi connectivity index (χ0n) is 7.88. The van der Waals surface area contributed by atoms with Crippen LogP contribution in [-0.2, 0) is 0 Å². The Morgan fingerprint density at radius 1 is 1.54 bits per heavy atom. The molecule has 1 aliphatic rings. The lowest BCUT2D eigenvalue weighted by Gasteiger charge is -1.98. The Bertz CT molecular complexity index is 313. The van der Waals surface area contributed by atoms with Gasteiger partial charge in [-0.05, 0) is 18.9 Å². The first-order chi connectivity index (χ1) is 6.27. The van der Waals surface area contributed by atoms with Crippen LogP contribution in [-0.4, -0.2) is 0 Å². The van der Waals surface area contributed by atoms with E-state index in [0.29, 0.717) is 11.3 Å². The minimum Gasteiger partial charge on any atom is -0.398 e. The fourth-order valence-corrected chi connectivity index (χ4v) is 1.33. The first kappa shape index (κ1) is 9.60. The summed E-state index contributed by atoms with van der Waals surface area (Å²) in [5, 5.41) is 8.74. The van der Waals surface area contributed by atoms with Gasteiger partial charge in [-0.2, -0.15) is 5.26 Å². The Balaban J connectivity index is 2.82. The normalized spacial score (nSPS) is 16.5. The van der Waals surface area contributed by atoms with Crippen molar-refractivity contribution in [2.75, 3.05) is 0 Å². The summed E-state index contributed by atoms with van der Waals surface area (Å²) in [4.78, 5) is 0. The quantitative estimate of drug-likeness (QED) is 0.698. The average Bonchev–Trinajstić information content (AvgIpc) is 2.30. The molecule has 0 spiro atoms. The van der Waals surface area contributed by atoms with Gasteiger partial charge in [0, 0.05) is 5.70 Å². The van der Waals surface area contributed by atoms with E-state index >= 15 is 0 Å². The molecule has 0 bridgehead atoms. The first-order valence-corrected chi connectivity index (χ1v) is 4.53. The number of nitrogens with two attached hydrogens (primary N) is 1. The smallest absolute Gasteiger partial charge is 0.101 e. The van der Waals surface area contributed by atoms with E-state index < -0.39 is 0 Å². The van der Waals surface area contributed by atoms with Gasteiger partial charge in [-0.25, -0.2) is 0 Å². The number of hydrogen-bond acceptors (Lipinski definition) is 2. The van der Waals surface area contributed by atoms with Crippen LogP contribution in [0, 0.1) is 11.3 Å². The summed E-state index contributed by atoms with van der Waals surface area (Å²) in [6, 6.07) is 2.09. The Morgan fingerprint density at radius 2 is 2.31 bits per heavy atom. The van der Waals surface area contributed by atoms with Crippen molar-refractivity contribution in [2.24, 2.45) is 5.73 Å². The molecule has 0 unspecified atom stereocenters. The lowest BCUT2D eigenvalue weighted by Crippen LogP contribution is -1.97. The highest BCUT2D eigenvalue weighted by molar-refractivity contribution is 5.44. The minimum absolute atomic E-state index is 0.577. The van der Waals surface area contributed by atoms with Crippen molar-refractivity contribution >= 4 is 0 Å². The summed E-state index contributed by atoms with van der Waals surface area (Å²) in [6.45, 7) is 2.15. The summed E-state index contributed by atoms with van der Waals surface area (Å²) in [5.41, 5.74) is 8.19. The van der Waals surface area contributed by atoms with Gasteiger partial charge in [0.25, 0.3) is 0 Å². The molecule has 1 rings (SSSR count). The minimum atomic E-state index is 0.577. The fraction of sp³-hybridized carbons (Fsp3) is 0.364. The topological polar surface area (TPSA) is 49.8 Å². The van der Waals surface area contributed by atoms with Crippen LogP contribution >= 0.6 is 0 Å². The molecule has 0 saturated carbocycles. The highest BCUT2D eigenvalue weighted by Gasteiger charge is 2.03. The summed E-state index contributed by atoms with van der Waals surface area (Å²) in [7, 11) is 0. The molecule has 2 nitrogen and oxygen atoms in total. The molecular formula is C11H14N2. The third-order valence-corrected chi connectivity index (χ3v) is 2.07. The average molecular weight is 174 g/mol. The highest BCUT2D eigenvalue weighted by Crippen LogP contribution is 2.17. The molecule has 1 aliphatic carbocycles. The molecule has 0 aliphatic heterocycles. The van der Waals surface area contributed by atoms with E-state index in [4.69, 9.17) is 11.0 Å². The van der Waals surface area contributed by atoms with Gasteiger partial charge in [-0.15, -0.1) is 0 Å². The standard InChI is InChI=1S/C11H14N2/c1-2-3-9-4-6-10(8-12)11(13)7-5-9/h5-7H,2-4,13H2,1H3. The second-order valence-electron chi connectivity index (χ2n) is 3.13. The van der Waals surface area contributed by atoms with Crippen LogP contribution < -0.4 is 5.73 Å². The Morgan fingerprint density at radius 3 is 2.92 bits per heavy atom. The van der Waals surface area contributed by atoms with Gasteiger partial charge in [0.1, 0.15) is 6.07 Å². The second-order valence-corrected chi connectivity index (χ2v) is 3.13. The number of nitrogens with zero attached hydrogens (tertiary/aromatic N) is 1. The summed E-state index contributed by atoms with van der Waals surface area (Å²) in [5.74, 6) is 0. The summed E-state index contributed by atoms with van der Waals surface area (Å²) >= 11 is 0. The molecule has 0 saturated heterocycles. The zero-order valence-corrected chi connectivity index (χ0v) is 7.88. The number of nitriles is 1. The molecule has 0 atom stereocenters. The second kappa shape index (κ2) is 4.51. The van der Waals surface area contributed by atoms with Gasteiger partial charge in [0.15, 0.2) is 0 Å². The monoisotopic (exact) mass is 174 g/mol. The van der Waals surface area contributed by atoms with Gasteiger partial charge in [0.2, 0.25) is 0 Å². The van der Waals surface area contributed by atoms with Crippen LogP contribution in [0.4, 0.5) is 0 Å². The van der Waals surface area contributed by atoms with Gasteiger partial charge in [-0.1, -0.05) is 31.1 Å². The van der Waals surface area contributed by atoms with Crippen LogP contribution in [0.5, 0.6) is 0 Å². The Hall–Kier alpha value is -1.49. The largest absolute Gasteiger partial charge is 0.398 e. The summed E-state index contributed by atoms with van der Waals surface area (Å²) < 4.78 is 0. The maximum atomic E-state index is 8.74. The molecule has 2 heteroatoms. The van der Waals surface area contributed by atoms with Crippen LogP contribution in [0.25, 0.3) is 0 Å². The van der Waals surface area contributed by atoms with E-state index in [1.165, 1.54) is 5.57 Å². The van der Waals surface area contributed by atoms with Crippen molar-refractivity contribution in [1.82, 2.24) is 0 Å². The molecule has 0 aromatic rings. The Labute approximate surface area is 79.0 Å². The molecule has 0 fully saturated rings. The molecule has 0 radical (unpaired) electrons. The third kappa shape index (κ3) is 2.48. The molecular weight excluding hydrogens is 160 g/mol. The molecule has 0 amide bonds. The van der Waals surface area contributed by atoms with Gasteiger partial charge in [-0.3, -0.25) is 0 Å². The van der Waals surface area contributed by atoms with Gasteiger partial charge < -0.3 is 5.73 Å². The predicted octanol–water partition coefficient (Wildman–Crippen LogP) is 2.41. The van der Waals surface area contributed by atoms with E-state index in [1.807, 2.05) is 18.2 Å². The zero-order chi connectivity index (χ0) is 9.68. The highest BCUT2D eigenvalue weighted by atomic mass is 14.6. The molecule has 0 aromatic heterocycles. The van der Waals surface area contributed by atoms with Crippen molar-refractivity contribution < 1.29 is 0 Å². The number of rotatable bonds is 2. The van der Waals surface area contributed by atoms with Crippen molar-refractivity contribution in [2.45, 2.75) is 26.2 Å². The lowest BCUT2D eigenvalue weighted by molar-refractivity contribution is 0.880. The van der Waals surface area contributed by atoms with Crippen molar-refractivity contribution in [3.63, 3.8) is 0 Å². The third-order valence-electron chi connectivity index (χ3n) is 2.07. The van der Waals surface area contributed by atoms with Crippen molar-refractivity contribution in [3.05, 3.63) is 35.1 Å².